The smallest absolute Gasteiger partial charge is 0.303 e. The fourth-order valence-corrected chi connectivity index (χ4v) is 2.45. The van der Waals surface area contributed by atoms with Crippen molar-refractivity contribution in [1.29, 1.82) is 0 Å². The molecule has 0 spiro atoms. The zero-order valence-corrected chi connectivity index (χ0v) is 11.5. The van der Waals surface area contributed by atoms with Crippen molar-refractivity contribution >= 4 is 5.97 Å². The lowest BCUT2D eigenvalue weighted by molar-refractivity contribution is -0.137. The van der Waals surface area contributed by atoms with E-state index in [0.717, 1.165) is 6.42 Å². The average molecular weight is 249 g/mol. The van der Waals surface area contributed by atoms with Gasteiger partial charge in [0.05, 0.1) is 0 Å². The molecule has 0 amide bonds. The molecule has 0 bridgehead atoms. The van der Waals surface area contributed by atoms with Crippen molar-refractivity contribution in [2.24, 2.45) is 11.7 Å². The number of carboxylic acids is 1. The number of carboxylic acid groups (broad SMARTS) is 1. The van der Waals surface area contributed by atoms with Crippen LogP contribution in [-0.4, -0.2) is 17.6 Å². The Labute approximate surface area is 109 Å². The third-order valence-corrected chi connectivity index (χ3v) is 3.43. The third kappa shape index (κ3) is 4.15. The van der Waals surface area contributed by atoms with Gasteiger partial charge in [0.25, 0.3) is 0 Å². The number of nitrogens with two attached hydrogens (primary N) is 1. The minimum atomic E-state index is -0.745. The second-order valence-electron chi connectivity index (χ2n) is 5.12. The third-order valence-electron chi connectivity index (χ3n) is 3.43. The molecule has 1 rings (SSSR count). The van der Waals surface area contributed by atoms with E-state index in [-0.39, 0.29) is 12.3 Å². The lowest BCUT2D eigenvalue weighted by atomic mass is 9.89. The highest BCUT2D eigenvalue weighted by molar-refractivity contribution is 5.66. The molecule has 0 saturated heterocycles. The molecule has 100 valence electrons. The first-order valence-electron chi connectivity index (χ1n) is 6.42. The van der Waals surface area contributed by atoms with E-state index in [1.807, 2.05) is 0 Å². The molecule has 0 aliphatic rings. The molecule has 1 aromatic carbocycles. The van der Waals surface area contributed by atoms with Gasteiger partial charge in [0.15, 0.2) is 0 Å². The highest BCUT2D eigenvalue weighted by Crippen LogP contribution is 2.21. The van der Waals surface area contributed by atoms with Crippen LogP contribution >= 0.6 is 0 Å². The van der Waals surface area contributed by atoms with Crippen molar-refractivity contribution < 1.29 is 9.90 Å². The standard InChI is InChI=1S/C15H23NO2/c1-10-6-11(2)14(12(3)7-10)8-13(9-16)4-5-15(17)18/h6-7,13H,4-5,8-9,16H2,1-3H3,(H,17,18). The van der Waals surface area contributed by atoms with E-state index >= 15 is 0 Å². The van der Waals surface area contributed by atoms with E-state index in [4.69, 9.17) is 10.8 Å². The maximum atomic E-state index is 10.6. The molecule has 3 N–H and O–H groups in total. The highest BCUT2D eigenvalue weighted by atomic mass is 16.4. The van der Waals surface area contributed by atoms with E-state index in [9.17, 15) is 4.79 Å². The molecule has 1 aromatic rings. The summed E-state index contributed by atoms with van der Waals surface area (Å²) in [6.07, 6.45) is 1.73. The number of aliphatic carboxylic acids is 1. The second kappa shape index (κ2) is 6.55. The molecular weight excluding hydrogens is 226 g/mol. The van der Waals surface area contributed by atoms with E-state index in [1.54, 1.807) is 0 Å². The molecule has 1 atom stereocenters. The lowest BCUT2D eigenvalue weighted by Crippen LogP contribution is -2.19. The molecule has 3 nitrogen and oxygen atoms in total. The number of hydrogen-bond acceptors (Lipinski definition) is 2. The summed E-state index contributed by atoms with van der Waals surface area (Å²) in [5, 5.41) is 8.73. The van der Waals surface area contributed by atoms with E-state index in [0.29, 0.717) is 13.0 Å². The molecule has 0 heterocycles. The van der Waals surface area contributed by atoms with Gasteiger partial charge >= 0.3 is 5.97 Å². The van der Waals surface area contributed by atoms with Gasteiger partial charge in [-0.1, -0.05) is 17.7 Å². The van der Waals surface area contributed by atoms with Gasteiger partial charge in [-0.2, -0.15) is 0 Å². The Hall–Kier alpha value is -1.35. The quantitative estimate of drug-likeness (QED) is 0.814. The summed E-state index contributed by atoms with van der Waals surface area (Å²) < 4.78 is 0. The zero-order valence-electron chi connectivity index (χ0n) is 11.5. The Bertz CT molecular complexity index is 403. The van der Waals surface area contributed by atoms with Crippen molar-refractivity contribution in [2.45, 2.75) is 40.0 Å². The van der Waals surface area contributed by atoms with Crippen molar-refractivity contribution in [1.82, 2.24) is 0 Å². The van der Waals surface area contributed by atoms with Crippen LogP contribution in [0.15, 0.2) is 12.1 Å². The van der Waals surface area contributed by atoms with Crippen molar-refractivity contribution in [2.75, 3.05) is 6.54 Å². The normalized spacial score (nSPS) is 12.4. The highest BCUT2D eigenvalue weighted by Gasteiger charge is 2.13. The first-order valence-corrected chi connectivity index (χ1v) is 6.42. The van der Waals surface area contributed by atoms with Gasteiger partial charge in [0.2, 0.25) is 0 Å². The molecular formula is C15H23NO2. The molecule has 18 heavy (non-hydrogen) atoms. The summed E-state index contributed by atoms with van der Waals surface area (Å²) in [5.41, 5.74) is 10.9. The fourth-order valence-electron chi connectivity index (χ4n) is 2.45. The van der Waals surface area contributed by atoms with Gasteiger partial charge in [0, 0.05) is 6.42 Å². The van der Waals surface area contributed by atoms with Crippen molar-refractivity contribution in [3.63, 3.8) is 0 Å². The number of rotatable bonds is 6. The number of aryl methyl sites for hydroxylation is 3. The SMILES string of the molecule is Cc1cc(C)c(CC(CN)CCC(=O)O)c(C)c1. The van der Waals surface area contributed by atoms with E-state index < -0.39 is 5.97 Å². The first kappa shape index (κ1) is 14.7. The summed E-state index contributed by atoms with van der Waals surface area (Å²) in [4.78, 5) is 10.6. The maximum absolute atomic E-state index is 10.6. The molecule has 3 heteroatoms. The van der Waals surface area contributed by atoms with Gasteiger partial charge in [-0.05, 0) is 62.8 Å². The Kier molecular flexibility index (Phi) is 5.35. The Morgan fingerprint density at radius 1 is 1.28 bits per heavy atom. The average Bonchev–Trinajstić information content (AvgIpc) is 2.26. The van der Waals surface area contributed by atoms with Crippen LogP contribution < -0.4 is 5.73 Å². The Morgan fingerprint density at radius 2 is 1.83 bits per heavy atom. The van der Waals surface area contributed by atoms with Crippen LogP contribution in [0, 0.1) is 26.7 Å². The Balaban J connectivity index is 2.78. The molecule has 1 unspecified atom stereocenters. The van der Waals surface area contributed by atoms with Crippen LogP contribution in [0.5, 0.6) is 0 Å². The summed E-state index contributed by atoms with van der Waals surface area (Å²) >= 11 is 0. The summed E-state index contributed by atoms with van der Waals surface area (Å²) in [6, 6.07) is 4.35. The van der Waals surface area contributed by atoms with Crippen LogP contribution in [-0.2, 0) is 11.2 Å². The van der Waals surface area contributed by atoms with Crippen molar-refractivity contribution in [3.05, 3.63) is 34.4 Å². The predicted octanol–water partition coefficient (Wildman–Crippen LogP) is 2.59. The largest absolute Gasteiger partial charge is 0.481 e. The minimum absolute atomic E-state index is 0.200. The molecule has 0 aliphatic carbocycles. The molecule has 0 saturated carbocycles. The first-order chi connectivity index (χ1) is 8.43. The fraction of sp³-hybridized carbons (Fsp3) is 0.533. The second-order valence-corrected chi connectivity index (χ2v) is 5.12. The van der Waals surface area contributed by atoms with Crippen LogP contribution in [0.1, 0.15) is 35.1 Å². The maximum Gasteiger partial charge on any atom is 0.303 e. The molecule has 0 aromatic heterocycles. The van der Waals surface area contributed by atoms with E-state index in [2.05, 4.69) is 32.9 Å². The van der Waals surface area contributed by atoms with Crippen LogP contribution in [0.4, 0.5) is 0 Å². The number of carbonyl (C=O) groups is 1. The van der Waals surface area contributed by atoms with E-state index in [1.165, 1.54) is 22.3 Å². The van der Waals surface area contributed by atoms with Gasteiger partial charge in [-0.25, -0.2) is 0 Å². The van der Waals surface area contributed by atoms with Gasteiger partial charge < -0.3 is 10.8 Å². The molecule has 0 aliphatic heterocycles. The van der Waals surface area contributed by atoms with Crippen LogP contribution in [0.2, 0.25) is 0 Å². The van der Waals surface area contributed by atoms with Gasteiger partial charge in [0.1, 0.15) is 0 Å². The monoisotopic (exact) mass is 249 g/mol. The minimum Gasteiger partial charge on any atom is -0.481 e. The number of benzene rings is 1. The zero-order chi connectivity index (χ0) is 13.7. The molecule has 0 radical (unpaired) electrons. The van der Waals surface area contributed by atoms with Crippen LogP contribution in [0.25, 0.3) is 0 Å². The number of hydrogen-bond donors (Lipinski definition) is 2. The van der Waals surface area contributed by atoms with Crippen molar-refractivity contribution in [3.8, 4) is 0 Å². The summed E-state index contributed by atoms with van der Waals surface area (Å²) in [6.45, 7) is 6.86. The topological polar surface area (TPSA) is 63.3 Å². The lowest BCUT2D eigenvalue weighted by Gasteiger charge is -2.18. The molecule has 0 fully saturated rings. The van der Waals surface area contributed by atoms with Crippen LogP contribution in [0.3, 0.4) is 0 Å². The summed E-state index contributed by atoms with van der Waals surface area (Å²) in [5.74, 6) is -0.494. The van der Waals surface area contributed by atoms with Gasteiger partial charge in [-0.3, -0.25) is 4.79 Å². The predicted molar refractivity (Wildman–Crippen MR) is 73.8 cm³/mol. The summed E-state index contributed by atoms with van der Waals surface area (Å²) in [7, 11) is 0. The van der Waals surface area contributed by atoms with Gasteiger partial charge in [-0.15, -0.1) is 0 Å². The Morgan fingerprint density at radius 3 is 2.28 bits per heavy atom.